The van der Waals surface area contributed by atoms with E-state index in [0.717, 1.165) is 25.7 Å². The van der Waals surface area contributed by atoms with E-state index in [0.29, 0.717) is 22.5 Å². The van der Waals surface area contributed by atoms with Crippen molar-refractivity contribution in [1.82, 2.24) is 5.32 Å². The number of aliphatic hydroxyl groups is 1. The lowest BCUT2D eigenvalue weighted by molar-refractivity contribution is 0.0914. The fraction of sp³-hybridized carbons (Fsp3) is 0.438. The van der Waals surface area contributed by atoms with Gasteiger partial charge in [0.05, 0.1) is 10.9 Å². The van der Waals surface area contributed by atoms with E-state index in [4.69, 9.17) is 9.52 Å². The molecule has 0 spiro atoms. The molecule has 3 N–H and O–H groups in total. The third-order valence-electron chi connectivity index (χ3n) is 4.26. The molecule has 5 heteroatoms. The number of hydrogen-bond acceptors (Lipinski definition) is 4. The molecule has 5 nitrogen and oxygen atoms in total. The number of amides is 1. The van der Waals surface area contributed by atoms with Crippen molar-refractivity contribution >= 4 is 16.9 Å². The molecule has 0 unspecified atom stereocenters. The van der Waals surface area contributed by atoms with E-state index >= 15 is 0 Å². The van der Waals surface area contributed by atoms with Gasteiger partial charge in [-0.25, -0.2) is 0 Å². The molecule has 1 aliphatic carbocycles. The van der Waals surface area contributed by atoms with Crippen molar-refractivity contribution in [3.8, 4) is 5.75 Å². The summed E-state index contributed by atoms with van der Waals surface area (Å²) in [5.74, 6) is 0.190. The Kier molecular flexibility index (Phi) is 3.84. The summed E-state index contributed by atoms with van der Waals surface area (Å²) >= 11 is 0. The lowest BCUT2D eigenvalue weighted by atomic mass is 9.86. The van der Waals surface area contributed by atoms with Crippen molar-refractivity contribution in [3.63, 3.8) is 0 Å². The van der Waals surface area contributed by atoms with E-state index < -0.39 is 0 Å². The number of aromatic hydroxyl groups is 1. The van der Waals surface area contributed by atoms with Gasteiger partial charge in [0.15, 0.2) is 0 Å². The van der Waals surface area contributed by atoms with Crippen LogP contribution in [0.2, 0.25) is 0 Å². The van der Waals surface area contributed by atoms with E-state index in [2.05, 4.69) is 5.32 Å². The second-order valence-corrected chi connectivity index (χ2v) is 5.67. The monoisotopic (exact) mass is 289 g/mol. The van der Waals surface area contributed by atoms with Crippen molar-refractivity contribution in [2.75, 3.05) is 6.61 Å². The summed E-state index contributed by atoms with van der Waals surface area (Å²) in [6.07, 6.45) is 4.99. The highest BCUT2D eigenvalue weighted by Gasteiger charge is 2.24. The van der Waals surface area contributed by atoms with Crippen LogP contribution in [0, 0.1) is 5.92 Å². The lowest BCUT2D eigenvalue weighted by Gasteiger charge is -2.27. The minimum Gasteiger partial charge on any atom is -0.507 e. The van der Waals surface area contributed by atoms with E-state index in [1.165, 1.54) is 6.26 Å². The number of aliphatic hydroxyl groups excluding tert-OH is 1. The summed E-state index contributed by atoms with van der Waals surface area (Å²) in [6.45, 7) is 0.223. The third-order valence-corrected chi connectivity index (χ3v) is 4.26. The first-order valence-corrected chi connectivity index (χ1v) is 7.30. The van der Waals surface area contributed by atoms with Crippen molar-refractivity contribution in [2.24, 2.45) is 5.92 Å². The maximum atomic E-state index is 12.4. The molecule has 0 saturated heterocycles. The molecular weight excluding hydrogens is 270 g/mol. The quantitative estimate of drug-likeness (QED) is 0.810. The van der Waals surface area contributed by atoms with Crippen LogP contribution in [0.15, 0.2) is 28.9 Å². The minimum atomic E-state index is -0.220. The fourth-order valence-electron chi connectivity index (χ4n) is 2.99. The summed E-state index contributed by atoms with van der Waals surface area (Å²) in [4.78, 5) is 12.4. The van der Waals surface area contributed by atoms with Crippen LogP contribution in [0.3, 0.4) is 0 Å². The van der Waals surface area contributed by atoms with E-state index in [1.807, 2.05) is 0 Å². The Bertz CT molecular complexity index is 641. The van der Waals surface area contributed by atoms with Gasteiger partial charge >= 0.3 is 0 Å². The molecule has 3 rings (SSSR count). The van der Waals surface area contributed by atoms with E-state index in [1.54, 1.807) is 18.2 Å². The standard InChI is InChI=1S/C16H19NO4/c18-8-10-4-6-11(7-5-10)17-16(20)12-9-21-14-3-1-2-13(19)15(12)14/h1-3,9-11,18-19H,4-8H2,(H,17,20). The smallest absolute Gasteiger partial charge is 0.255 e. The normalized spacial score (nSPS) is 22.3. The molecular formula is C16H19NO4. The van der Waals surface area contributed by atoms with Gasteiger partial charge in [-0.2, -0.15) is 0 Å². The van der Waals surface area contributed by atoms with Crippen molar-refractivity contribution in [3.05, 3.63) is 30.0 Å². The molecule has 0 bridgehead atoms. The van der Waals surface area contributed by atoms with Gasteiger partial charge < -0.3 is 19.9 Å². The van der Waals surface area contributed by atoms with Gasteiger partial charge in [-0.1, -0.05) is 6.07 Å². The molecule has 112 valence electrons. The predicted octanol–water partition coefficient (Wildman–Crippen LogP) is 2.42. The SMILES string of the molecule is O=C(NC1CCC(CO)CC1)c1coc2cccc(O)c12. The first-order chi connectivity index (χ1) is 10.2. The highest BCUT2D eigenvalue weighted by molar-refractivity contribution is 6.08. The average molecular weight is 289 g/mol. The Balaban J connectivity index is 1.73. The molecule has 1 aromatic carbocycles. The fourth-order valence-corrected chi connectivity index (χ4v) is 2.99. The molecule has 1 amide bonds. The summed E-state index contributed by atoms with van der Waals surface area (Å²) in [6, 6.07) is 5.06. The summed E-state index contributed by atoms with van der Waals surface area (Å²) < 4.78 is 5.32. The van der Waals surface area contributed by atoms with Gasteiger partial charge in [-0.3, -0.25) is 4.79 Å². The number of nitrogens with one attached hydrogen (secondary N) is 1. The Morgan fingerprint density at radius 2 is 2.05 bits per heavy atom. The highest BCUT2D eigenvalue weighted by Crippen LogP contribution is 2.30. The van der Waals surface area contributed by atoms with E-state index in [9.17, 15) is 9.90 Å². The largest absolute Gasteiger partial charge is 0.507 e. The number of fused-ring (bicyclic) bond motifs is 1. The Morgan fingerprint density at radius 3 is 2.76 bits per heavy atom. The first kappa shape index (κ1) is 13.9. The lowest BCUT2D eigenvalue weighted by Crippen LogP contribution is -2.38. The number of rotatable bonds is 3. The third kappa shape index (κ3) is 2.74. The summed E-state index contributed by atoms with van der Waals surface area (Å²) in [7, 11) is 0. The van der Waals surface area contributed by atoms with Gasteiger partial charge in [-0.05, 0) is 43.7 Å². The average Bonchev–Trinajstić information content (AvgIpc) is 2.93. The topological polar surface area (TPSA) is 82.7 Å². The molecule has 0 radical (unpaired) electrons. The van der Waals surface area contributed by atoms with Crippen LogP contribution in [0.1, 0.15) is 36.0 Å². The Morgan fingerprint density at radius 1 is 1.29 bits per heavy atom. The number of benzene rings is 1. The van der Waals surface area contributed by atoms with Crippen molar-refractivity contribution in [1.29, 1.82) is 0 Å². The summed E-state index contributed by atoms with van der Waals surface area (Å²) in [5, 5.41) is 22.5. The van der Waals surface area contributed by atoms with Gasteiger partial charge in [0, 0.05) is 12.6 Å². The highest BCUT2D eigenvalue weighted by atomic mass is 16.3. The number of phenolic OH excluding ortho intramolecular Hbond substituents is 1. The predicted molar refractivity (Wildman–Crippen MR) is 78.2 cm³/mol. The van der Waals surface area contributed by atoms with Crippen LogP contribution in [-0.2, 0) is 0 Å². The summed E-state index contributed by atoms with van der Waals surface area (Å²) in [5.41, 5.74) is 0.872. The van der Waals surface area contributed by atoms with Gasteiger partial charge in [0.25, 0.3) is 5.91 Å². The van der Waals surface area contributed by atoms with Crippen LogP contribution in [-0.4, -0.2) is 28.8 Å². The molecule has 0 atom stereocenters. The molecule has 2 aromatic rings. The molecule has 21 heavy (non-hydrogen) atoms. The van der Waals surface area contributed by atoms with Crippen LogP contribution < -0.4 is 5.32 Å². The zero-order valence-electron chi connectivity index (χ0n) is 11.7. The number of furan rings is 1. The number of phenols is 1. The zero-order valence-corrected chi connectivity index (χ0v) is 11.7. The number of carbonyl (C=O) groups is 1. The van der Waals surface area contributed by atoms with Crippen LogP contribution in [0.5, 0.6) is 5.75 Å². The maximum absolute atomic E-state index is 12.4. The van der Waals surface area contributed by atoms with Gasteiger partial charge in [0.2, 0.25) is 0 Å². The second kappa shape index (κ2) is 5.77. The number of carbonyl (C=O) groups excluding carboxylic acids is 1. The molecule has 1 aromatic heterocycles. The van der Waals surface area contributed by atoms with Crippen molar-refractivity contribution < 1.29 is 19.4 Å². The molecule has 1 aliphatic rings. The Hall–Kier alpha value is -2.01. The zero-order chi connectivity index (χ0) is 14.8. The minimum absolute atomic E-state index is 0.0513. The van der Waals surface area contributed by atoms with Gasteiger partial charge in [0.1, 0.15) is 17.6 Å². The van der Waals surface area contributed by atoms with Gasteiger partial charge in [-0.15, -0.1) is 0 Å². The molecule has 0 aliphatic heterocycles. The molecule has 1 heterocycles. The Labute approximate surface area is 122 Å². The molecule has 1 fully saturated rings. The first-order valence-electron chi connectivity index (χ1n) is 7.30. The van der Waals surface area contributed by atoms with Crippen LogP contribution in [0.25, 0.3) is 11.0 Å². The van der Waals surface area contributed by atoms with E-state index in [-0.39, 0.29) is 24.3 Å². The maximum Gasteiger partial charge on any atom is 0.255 e. The second-order valence-electron chi connectivity index (χ2n) is 5.67. The molecule has 1 saturated carbocycles. The van der Waals surface area contributed by atoms with Crippen molar-refractivity contribution in [2.45, 2.75) is 31.7 Å². The number of hydrogen-bond donors (Lipinski definition) is 3. The van der Waals surface area contributed by atoms with Crippen LogP contribution >= 0.6 is 0 Å². The van der Waals surface area contributed by atoms with Crippen LogP contribution in [0.4, 0.5) is 0 Å².